The molecule has 0 aliphatic carbocycles. The molecule has 0 aromatic carbocycles. The van der Waals surface area contributed by atoms with Crippen LogP contribution in [0.1, 0.15) is 84.0 Å². The van der Waals surface area contributed by atoms with Crippen molar-refractivity contribution < 1.29 is 0 Å². The molecule has 0 fully saturated rings. The van der Waals surface area contributed by atoms with Crippen LogP contribution in [-0.4, -0.2) is 12.2 Å². The van der Waals surface area contributed by atoms with E-state index in [-0.39, 0.29) is 0 Å². The Kier molecular flexibility index (Phi) is 11.9. The highest BCUT2D eigenvalue weighted by Crippen LogP contribution is 2.14. The molecule has 0 rings (SSSR count). The van der Waals surface area contributed by atoms with Crippen LogP contribution in [0.5, 0.6) is 0 Å². The summed E-state index contributed by atoms with van der Waals surface area (Å²) in [5.74, 6) is 0. The van der Waals surface area contributed by atoms with Crippen molar-refractivity contribution >= 4 is 0 Å². The van der Waals surface area contributed by atoms with Gasteiger partial charge in [-0.05, 0) is 25.8 Å². The van der Waals surface area contributed by atoms with Crippen molar-refractivity contribution in [2.24, 2.45) is 17.2 Å². The van der Waals surface area contributed by atoms with E-state index in [2.05, 4.69) is 6.92 Å². The van der Waals surface area contributed by atoms with Gasteiger partial charge in [0.25, 0.3) is 0 Å². The van der Waals surface area contributed by atoms with Gasteiger partial charge in [0.15, 0.2) is 0 Å². The summed E-state index contributed by atoms with van der Waals surface area (Å²) >= 11 is 0. The predicted octanol–water partition coefficient (Wildman–Crippen LogP) is 3.26. The van der Waals surface area contributed by atoms with Gasteiger partial charge in [-0.1, -0.05) is 64.7 Å². The van der Waals surface area contributed by atoms with Crippen LogP contribution in [0.2, 0.25) is 0 Å². The van der Waals surface area contributed by atoms with Crippen molar-refractivity contribution in [3.63, 3.8) is 0 Å². The molecule has 3 heteroatoms. The second kappa shape index (κ2) is 11.9. The summed E-state index contributed by atoms with van der Waals surface area (Å²) in [5.41, 5.74) is 16.8. The van der Waals surface area contributed by atoms with Crippen molar-refractivity contribution in [2.75, 3.05) is 6.54 Å². The fourth-order valence-corrected chi connectivity index (χ4v) is 2.19. The van der Waals surface area contributed by atoms with Crippen molar-refractivity contribution in [1.82, 2.24) is 0 Å². The van der Waals surface area contributed by atoms with E-state index in [0.717, 1.165) is 19.4 Å². The fourth-order valence-electron chi connectivity index (χ4n) is 2.19. The van der Waals surface area contributed by atoms with Crippen LogP contribution in [0.4, 0.5) is 0 Å². The van der Waals surface area contributed by atoms with E-state index in [1.54, 1.807) is 0 Å². The van der Waals surface area contributed by atoms with E-state index < -0.39 is 5.66 Å². The van der Waals surface area contributed by atoms with Crippen molar-refractivity contribution in [3.8, 4) is 0 Å². The van der Waals surface area contributed by atoms with Crippen molar-refractivity contribution in [1.29, 1.82) is 0 Å². The summed E-state index contributed by atoms with van der Waals surface area (Å²) < 4.78 is 0. The van der Waals surface area contributed by atoms with E-state index in [1.165, 1.54) is 64.2 Å². The van der Waals surface area contributed by atoms with Gasteiger partial charge in [0.2, 0.25) is 0 Å². The SMILES string of the molecule is CCC(N)(N)CCCCCCCCCCCCN. The Morgan fingerprint density at radius 3 is 1.44 bits per heavy atom. The molecule has 0 amide bonds. The highest BCUT2D eigenvalue weighted by Gasteiger charge is 2.14. The smallest absolute Gasteiger partial charge is 0.0633 e. The number of hydrogen-bond acceptors (Lipinski definition) is 3. The van der Waals surface area contributed by atoms with Gasteiger partial charge in [0.05, 0.1) is 5.66 Å². The zero-order valence-corrected chi connectivity index (χ0v) is 12.4. The highest BCUT2D eigenvalue weighted by molar-refractivity contribution is 4.73. The summed E-state index contributed by atoms with van der Waals surface area (Å²) in [6, 6.07) is 0. The summed E-state index contributed by atoms with van der Waals surface area (Å²) in [4.78, 5) is 0. The maximum Gasteiger partial charge on any atom is 0.0633 e. The third-order valence-corrected chi connectivity index (χ3v) is 3.75. The number of hydrogen-bond donors (Lipinski definition) is 3. The molecule has 0 spiro atoms. The highest BCUT2D eigenvalue weighted by atomic mass is 14.9. The summed E-state index contributed by atoms with van der Waals surface area (Å²) in [5, 5.41) is 0. The molecule has 0 aliphatic rings. The Morgan fingerprint density at radius 1 is 0.667 bits per heavy atom. The second-order valence-electron chi connectivity index (χ2n) is 5.66. The number of unbranched alkanes of at least 4 members (excludes halogenated alkanes) is 9. The maximum absolute atomic E-state index is 5.91. The lowest BCUT2D eigenvalue weighted by molar-refractivity contribution is 0.374. The molecule has 0 saturated heterocycles. The minimum Gasteiger partial charge on any atom is -0.330 e. The van der Waals surface area contributed by atoms with Gasteiger partial charge >= 0.3 is 0 Å². The van der Waals surface area contributed by atoms with Crippen LogP contribution in [0.3, 0.4) is 0 Å². The van der Waals surface area contributed by atoms with E-state index in [0.29, 0.717) is 0 Å². The molecule has 0 radical (unpaired) electrons. The third-order valence-electron chi connectivity index (χ3n) is 3.75. The van der Waals surface area contributed by atoms with Gasteiger partial charge in [0.1, 0.15) is 0 Å². The Hall–Kier alpha value is -0.120. The van der Waals surface area contributed by atoms with Crippen LogP contribution in [0.25, 0.3) is 0 Å². The van der Waals surface area contributed by atoms with Crippen LogP contribution in [0, 0.1) is 0 Å². The molecule has 0 unspecified atom stereocenters. The zero-order chi connectivity index (χ0) is 13.7. The Bertz CT molecular complexity index is 169. The first-order chi connectivity index (χ1) is 8.62. The lowest BCUT2D eigenvalue weighted by Crippen LogP contribution is -2.48. The molecule has 0 aliphatic heterocycles. The first-order valence-corrected chi connectivity index (χ1v) is 7.90. The molecule has 0 heterocycles. The Balaban J connectivity index is 3.08. The van der Waals surface area contributed by atoms with Crippen molar-refractivity contribution in [2.45, 2.75) is 89.6 Å². The molecular weight excluding hydrogens is 222 g/mol. The molecule has 0 aromatic heterocycles. The van der Waals surface area contributed by atoms with Gasteiger partial charge in [-0.25, -0.2) is 0 Å². The topological polar surface area (TPSA) is 78.1 Å². The maximum atomic E-state index is 5.91. The summed E-state index contributed by atoms with van der Waals surface area (Å²) in [7, 11) is 0. The molecule has 0 saturated carbocycles. The monoisotopic (exact) mass is 257 g/mol. The number of nitrogens with two attached hydrogens (primary N) is 3. The average Bonchev–Trinajstić information content (AvgIpc) is 2.36. The molecule has 6 N–H and O–H groups in total. The molecule has 0 atom stereocenters. The predicted molar refractivity (Wildman–Crippen MR) is 81.2 cm³/mol. The lowest BCUT2D eigenvalue weighted by atomic mass is 9.99. The first-order valence-electron chi connectivity index (χ1n) is 7.90. The molecule has 0 aromatic rings. The number of rotatable bonds is 13. The van der Waals surface area contributed by atoms with Crippen LogP contribution < -0.4 is 17.2 Å². The van der Waals surface area contributed by atoms with E-state index in [9.17, 15) is 0 Å². The molecule has 3 nitrogen and oxygen atoms in total. The van der Waals surface area contributed by atoms with E-state index in [4.69, 9.17) is 17.2 Å². The fraction of sp³-hybridized carbons (Fsp3) is 1.00. The average molecular weight is 257 g/mol. The van der Waals surface area contributed by atoms with E-state index in [1.807, 2.05) is 0 Å². The quantitative estimate of drug-likeness (QED) is 0.350. The molecular formula is C15H35N3. The minimum absolute atomic E-state index is 0.428. The zero-order valence-electron chi connectivity index (χ0n) is 12.4. The summed E-state index contributed by atoms with van der Waals surface area (Å²) in [6.07, 6.45) is 15.0. The second-order valence-corrected chi connectivity index (χ2v) is 5.66. The van der Waals surface area contributed by atoms with Crippen molar-refractivity contribution in [3.05, 3.63) is 0 Å². The van der Waals surface area contributed by atoms with Gasteiger partial charge in [-0.3, -0.25) is 0 Å². The Labute approximate surface area is 114 Å². The normalized spacial score (nSPS) is 12.0. The van der Waals surface area contributed by atoms with Gasteiger partial charge in [-0.15, -0.1) is 0 Å². The third kappa shape index (κ3) is 12.3. The minimum atomic E-state index is -0.428. The summed E-state index contributed by atoms with van der Waals surface area (Å²) in [6.45, 7) is 2.91. The van der Waals surface area contributed by atoms with Gasteiger partial charge in [0, 0.05) is 0 Å². The molecule has 110 valence electrons. The standard InChI is InChI=1S/C15H35N3/c1-2-15(17,18)13-11-9-7-5-3-4-6-8-10-12-14-16/h2-14,16-18H2,1H3. The largest absolute Gasteiger partial charge is 0.330 e. The first kappa shape index (κ1) is 17.9. The van der Waals surface area contributed by atoms with Crippen LogP contribution >= 0.6 is 0 Å². The van der Waals surface area contributed by atoms with Gasteiger partial charge in [-0.2, -0.15) is 0 Å². The molecule has 0 bridgehead atoms. The Morgan fingerprint density at radius 2 is 1.06 bits per heavy atom. The van der Waals surface area contributed by atoms with E-state index >= 15 is 0 Å². The van der Waals surface area contributed by atoms with Crippen LogP contribution in [0.15, 0.2) is 0 Å². The van der Waals surface area contributed by atoms with Crippen LogP contribution in [-0.2, 0) is 0 Å². The molecule has 18 heavy (non-hydrogen) atoms. The van der Waals surface area contributed by atoms with Gasteiger partial charge < -0.3 is 17.2 Å². The lowest BCUT2D eigenvalue weighted by Gasteiger charge is -2.22.